The maximum Gasteiger partial charge on any atom is 0.231 e. The lowest BCUT2D eigenvalue weighted by molar-refractivity contribution is 0.172. The Morgan fingerprint density at radius 1 is 1.00 bits per heavy atom. The fourth-order valence-corrected chi connectivity index (χ4v) is 4.69. The average molecular weight is 381 g/mol. The van der Waals surface area contributed by atoms with Crippen molar-refractivity contribution in [1.82, 2.24) is 4.90 Å². The van der Waals surface area contributed by atoms with Crippen LogP contribution in [0.5, 0.6) is 23.0 Å². The van der Waals surface area contributed by atoms with E-state index in [2.05, 4.69) is 36.1 Å². The zero-order chi connectivity index (χ0) is 19.1. The van der Waals surface area contributed by atoms with Gasteiger partial charge < -0.3 is 18.9 Å². The number of rotatable bonds is 4. The normalized spacial score (nSPS) is 20.0. The fraction of sp³-hybridized carbons (Fsp3) is 0.478. The van der Waals surface area contributed by atoms with Crippen molar-refractivity contribution < 1.29 is 18.9 Å². The number of hydrogen-bond acceptors (Lipinski definition) is 5. The zero-order valence-corrected chi connectivity index (χ0v) is 16.6. The molecular weight excluding hydrogens is 354 g/mol. The van der Waals surface area contributed by atoms with Crippen molar-refractivity contribution in [2.75, 3.05) is 27.1 Å². The van der Waals surface area contributed by atoms with E-state index in [-0.39, 0.29) is 0 Å². The maximum atomic E-state index is 5.94. The van der Waals surface area contributed by atoms with E-state index < -0.39 is 0 Å². The molecule has 0 spiro atoms. The van der Waals surface area contributed by atoms with E-state index in [0.717, 1.165) is 61.8 Å². The predicted molar refractivity (Wildman–Crippen MR) is 107 cm³/mol. The molecule has 0 radical (unpaired) electrons. The van der Waals surface area contributed by atoms with Crippen LogP contribution in [0.4, 0.5) is 0 Å². The molecule has 1 atom stereocenters. The van der Waals surface area contributed by atoms with Crippen LogP contribution in [0.2, 0.25) is 0 Å². The number of fused-ring (bicyclic) bond motifs is 5. The second-order valence-electron chi connectivity index (χ2n) is 7.80. The highest BCUT2D eigenvalue weighted by Gasteiger charge is 2.32. The molecule has 0 N–H and O–H groups in total. The average Bonchev–Trinajstić information content (AvgIpc) is 3.09. The van der Waals surface area contributed by atoms with Crippen LogP contribution < -0.4 is 18.9 Å². The van der Waals surface area contributed by atoms with E-state index in [0.29, 0.717) is 19.4 Å². The lowest BCUT2D eigenvalue weighted by atomic mass is 9.89. The SMILES string of the molecule is CCCOc1cc2c(cc1OC)CN1CCc3cc4c(cc3[C@@H]1CC2)OCO4. The highest BCUT2D eigenvalue weighted by molar-refractivity contribution is 5.52. The van der Waals surface area contributed by atoms with Crippen LogP contribution in [0.3, 0.4) is 0 Å². The molecule has 0 aromatic heterocycles. The number of ether oxygens (including phenoxy) is 4. The Hall–Kier alpha value is -2.40. The quantitative estimate of drug-likeness (QED) is 0.791. The summed E-state index contributed by atoms with van der Waals surface area (Å²) in [6.45, 7) is 5.17. The highest BCUT2D eigenvalue weighted by Crippen LogP contribution is 2.44. The molecule has 0 saturated heterocycles. The van der Waals surface area contributed by atoms with Crippen molar-refractivity contribution in [3.63, 3.8) is 0 Å². The molecule has 0 aliphatic carbocycles. The molecule has 0 fully saturated rings. The van der Waals surface area contributed by atoms with Gasteiger partial charge in [0.05, 0.1) is 13.7 Å². The number of benzene rings is 2. The van der Waals surface area contributed by atoms with Gasteiger partial charge in [-0.05, 0) is 72.2 Å². The minimum Gasteiger partial charge on any atom is -0.493 e. The van der Waals surface area contributed by atoms with Crippen LogP contribution in [0.25, 0.3) is 0 Å². The first-order chi connectivity index (χ1) is 13.8. The molecule has 28 heavy (non-hydrogen) atoms. The first-order valence-corrected chi connectivity index (χ1v) is 10.3. The predicted octanol–water partition coefficient (Wildman–Crippen LogP) is 4.26. The minimum atomic E-state index is 0.332. The second kappa shape index (κ2) is 7.21. The summed E-state index contributed by atoms with van der Waals surface area (Å²) in [6.07, 6.45) is 4.17. The van der Waals surface area contributed by atoms with Gasteiger partial charge in [-0.1, -0.05) is 6.92 Å². The van der Waals surface area contributed by atoms with Gasteiger partial charge in [0.25, 0.3) is 0 Å². The summed E-state index contributed by atoms with van der Waals surface area (Å²) in [7, 11) is 1.72. The van der Waals surface area contributed by atoms with Gasteiger partial charge in [0, 0.05) is 19.1 Å². The van der Waals surface area contributed by atoms with Crippen molar-refractivity contribution in [3.8, 4) is 23.0 Å². The van der Waals surface area contributed by atoms with E-state index in [1.807, 2.05) is 0 Å². The molecule has 3 aliphatic rings. The third-order valence-corrected chi connectivity index (χ3v) is 6.11. The van der Waals surface area contributed by atoms with Crippen LogP contribution in [0, 0.1) is 0 Å². The standard InChI is InChI=1S/C23H27NO4/c1-3-8-26-21-9-15-4-5-19-18-12-23-22(27-14-28-23)10-16(18)6-7-24(19)13-17(15)11-20(21)25-2/h9-12,19H,3-8,13-14H2,1-2H3/t19-/m0/s1. The van der Waals surface area contributed by atoms with Crippen LogP contribution >= 0.6 is 0 Å². The molecule has 0 amide bonds. The molecule has 5 heteroatoms. The Bertz CT molecular complexity index is 895. The monoisotopic (exact) mass is 381 g/mol. The molecule has 0 bridgehead atoms. The smallest absolute Gasteiger partial charge is 0.231 e. The number of methoxy groups -OCH3 is 1. The molecule has 5 rings (SSSR count). The van der Waals surface area contributed by atoms with E-state index >= 15 is 0 Å². The Kier molecular flexibility index (Phi) is 4.55. The molecule has 3 aliphatic heterocycles. The molecule has 0 unspecified atom stereocenters. The third kappa shape index (κ3) is 2.98. The minimum absolute atomic E-state index is 0.332. The first kappa shape index (κ1) is 17.7. The van der Waals surface area contributed by atoms with Gasteiger partial charge in [0.1, 0.15) is 0 Å². The Balaban J connectivity index is 1.47. The van der Waals surface area contributed by atoms with Crippen molar-refractivity contribution in [2.24, 2.45) is 0 Å². The van der Waals surface area contributed by atoms with Crippen molar-refractivity contribution in [3.05, 3.63) is 46.5 Å². The molecule has 5 nitrogen and oxygen atoms in total. The van der Waals surface area contributed by atoms with Crippen molar-refractivity contribution >= 4 is 0 Å². The Morgan fingerprint density at radius 2 is 1.82 bits per heavy atom. The summed E-state index contributed by atoms with van der Waals surface area (Å²) in [5.41, 5.74) is 5.54. The molecule has 0 saturated carbocycles. The van der Waals surface area contributed by atoms with E-state index in [1.54, 1.807) is 7.11 Å². The lowest BCUT2D eigenvalue weighted by Crippen LogP contribution is -2.34. The molecule has 2 aromatic carbocycles. The van der Waals surface area contributed by atoms with Crippen molar-refractivity contribution in [2.45, 2.75) is 45.2 Å². The van der Waals surface area contributed by atoms with Crippen LogP contribution in [0.15, 0.2) is 24.3 Å². The topological polar surface area (TPSA) is 40.2 Å². The molecular formula is C23H27NO4. The Morgan fingerprint density at radius 3 is 2.64 bits per heavy atom. The van der Waals surface area contributed by atoms with Crippen LogP contribution in [0.1, 0.15) is 48.1 Å². The van der Waals surface area contributed by atoms with Gasteiger partial charge in [-0.3, -0.25) is 4.90 Å². The maximum absolute atomic E-state index is 5.94. The Labute approximate surface area is 166 Å². The van der Waals surface area contributed by atoms with Gasteiger partial charge >= 0.3 is 0 Å². The van der Waals surface area contributed by atoms with Gasteiger partial charge in [0.2, 0.25) is 6.79 Å². The van der Waals surface area contributed by atoms with Gasteiger partial charge in [0.15, 0.2) is 23.0 Å². The summed E-state index contributed by atoms with van der Waals surface area (Å²) in [5, 5.41) is 0. The largest absolute Gasteiger partial charge is 0.493 e. The molecule has 3 heterocycles. The summed E-state index contributed by atoms with van der Waals surface area (Å²) in [6, 6.07) is 9.19. The summed E-state index contributed by atoms with van der Waals surface area (Å²) in [4.78, 5) is 2.60. The summed E-state index contributed by atoms with van der Waals surface area (Å²) in [5.74, 6) is 3.49. The zero-order valence-electron chi connectivity index (χ0n) is 16.6. The van der Waals surface area contributed by atoms with Crippen LogP contribution in [-0.2, 0) is 19.4 Å². The summed E-state index contributed by atoms with van der Waals surface area (Å²) >= 11 is 0. The fourth-order valence-electron chi connectivity index (χ4n) is 4.69. The van der Waals surface area contributed by atoms with Gasteiger partial charge in [-0.2, -0.15) is 0 Å². The van der Waals surface area contributed by atoms with E-state index in [1.165, 1.54) is 22.3 Å². The van der Waals surface area contributed by atoms with Crippen LogP contribution in [-0.4, -0.2) is 32.0 Å². The first-order valence-electron chi connectivity index (χ1n) is 10.3. The number of nitrogens with zero attached hydrogens (tertiary/aromatic N) is 1. The van der Waals surface area contributed by atoms with Gasteiger partial charge in [-0.15, -0.1) is 0 Å². The highest BCUT2D eigenvalue weighted by atomic mass is 16.7. The molecule has 2 aromatic rings. The lowest BCUT2D eigenvalue weighted by Gasteiger charge is -2.36. The summed E-state index contributed by atoms with van der Waals surface area (Å²) < 4.78 is 22.8. The van der Waals surface area contributed by atoms with Crippen molar-refractivity contribution in [1.29, 1.82) is 0 Å². The second-order valence-corrected chi connectivity index (χ2v) is 7.80. The third-order valence-electron chi connectivity index (χ3n) is 6.11. The number of hydrogen-bond donors (Lipinski definition) is 0. The molecule has 148 valence electrons. The van der Waals surface area contributed by atoms with Gasteiger partial charge in [-0.25, -0.2) is 0 Å². The van der Waals surface area contributed by atoms with E-state index in [4.69, 9.17) is 18.9 Å². The number of aryl methyl sites for hydroxylation is 1. The van der Waals surface area contributed by atoms with E-state index in [9.17, 15) is 0 Å².